The maximum Gasteiger partial charge on any atom is 0.337 e. The van der Waals surface area contributed by atoms with E-state index in [2.05, 4.69) is 18.7 Å². The number of halogens is 1. The van der Waals surface area contributed by atoms with Crippen LogP contribution in [-0.4, -0.2) is 23.7 Å². The van der Waals surface area contributed by atoms with E-state index in [4.69, 9.17) is 11.6 Å². The Morgan fingerprint density at radius 1 is 1.40 bits per heavy atom. The molecule has 110 valence electrons. The van der Waals surface area contributed by atoms with Gasteiger partial charge in [-0.25, -0.2) is 4.79 Å². The van der Waals surface area contributed by atoms with Crippen molar-refractivity contribution in [2.45, 2.75) is 45.6 Å². The van der Waals surface area contributed by atoms with Gasteiger partial charge in [-0.2, -0.15) is 0 Å². The highest BCUT2D eigenvalue weighted by Crippen LogP contribution is 2.32. The molecule has 0 bridgehead atoms. The number of carbonyl (C=O) groups is 1. The molecule has 0 saturated heterocycles. The summed E-state index contributed by atoms with van der Waals surface area (Å²) in [6.45, 7) is 5.21. The number of hydrogen-bond donors (Lipinski definition) is 1. The summed E-state index contributed by atoms with van der Waals surface area (Å²) in [6.07, 6.45) is 4.76. The van der Waals surface area contributed by atoms with Crippen LogP contribution in [0.25, 0.3) is 0 Å². The van der Waals surface area contributed by atoms with E-state index in [0.29, 0.717) is 22.5 Å². The van der Waals surface area contributed by atoms with Gasteiger partial charge >= 0.3 is 5.97 Å². The monoisotopic (exact) mass is 295 g/mol. The van der Waals surface area contributed by atoms with Crippen molar-refractivity contribution in [2.24, 2.45) is 5.92 Å². The molecule has 20 heavy (non-hydrogen) atoms. The average Bonchev–Trinajstić information content (AvgIpc) is 2.89. The van der Waals surface area contributed by atoms with Crippen LogP contribution in [-0.2, 0) is 0 Å². The Bertz CT molecular complexity index is 481. The largest absolute Gasteiger partial charge is 0.478 e. The molecule has 0 heterocycles. The summed E-state index contributed by atoms with van der Waals surface area (Å²) in [7, 11) is 0. The quantitative estimate of drug-likeness (QED) is 0.873. The van der Waals surface area contributed by atoms with Gasteiger partial charge in [0.25, 0.3) is 0 Å². The number of rotatable bonds is 5. The zero-order valence-corrected chi connectivity index (χ0v) is 12.9. The molecule has 0 atom stereocenters. The van der Waals surface area contributed by atoms with Crippen molar-refractivity contribution in [3.63, 3.8) is 0 Å². The lowest BCUT2D eigenvalue weighted by molar-refractivity contribution is 0.0697. The first-order valence-corrected chi connectivity index (χ1v) is 7.66. The number of carboxylic acid groups (broad SMARTS) is 1. The third kappa shape index (κ3) is 3.45. The number of anilines is 1. The molecule has 1 fully saturated rings. The molecule has 1 aromatic carbocycles. The summed E-state index contributed by atoms with van der Waals surface area (Å²) in [5.74, 6) is -0.415. The topological polar surface area (TPSA) is 40.5 Å². The number of nitrogens with zero attached hydrogens (tertiary/aromatic N) is 1. The molecule has 1 N–H and O–H groups in total. The maximum absolute atomic E-state index is 11.5. The molecule has 1 aliphatic carbocycles. The summed E-state index contributed by atoms with van der Waals surface area (Å²) in [5, 5.41) is 9.90. The number of hydrogen-bond acceptors (Lipinski definition) is 2. The van der Waals surface area contributed by atoms with Crippen LogP contribution < -0.4 is 4.90 Å². The van der Waals surface area contributed by atoms with E-state index in [1.54, 1.807) is 12.1 Å². The van der Waals surface area contributed by atoms with E-state index in [9.17, 15) is 9.90 Å². The van der Waals surface area contributed by atoms with Crippen molar-refractivity contribution in [3.8, 4) is 0 Å². The van der Waals surface area contributed by atoms with Crippen LogP contribution in [0.5, 0.6) is 0 Å². The molecule has 0 amide bonds. The van der Waals surface area contributed by atoms with E-state index in [-0.39, 0.29) is 0 Å². The molecule has 2 rings (SSSR count). The van der Waals surface area contributed by atoms with Gasteiger partial charge in [0, 0.05) is 17.6 Å². The fraction of sp³-hybridized carbons (Fsp3) is 0.562. The van der Waals surface area contributed by atoms with E-state index in [1.807, 2.05) is 6.07 Å². The van der Waals surface area contributed by atoms with Crippen LogP contribution in [0, 0.1) is 5.92 Å². The SMILES string of the molecule is CC(C)CN(c1ccc(Cl)cc1C(=O)O)C1CCCC1. The molecular formula is C16H22ClNO2. The molecule has 1 aliphatic rings. The highest BCUT2D eigenvalue weighted by Gasteiger charge is 2.26. The predicted molar refractivity (Wildman–Crippen MR) is 82.9 cm³/mol. The van der Waals surface area contributed by atoms with E-state index >= 15 is 0 Å². The first-order valence-electron chi connectivity index (χ1n) is 7.28. The van der Waals surface area contributed by atoms with E-state index in [1.165, 1.54) is 12.8 Å². The van der Waals surface area contributed by atoms with Gasteiger partial charge in [0.1, 0.15) is 0 Å². The second-order valence-electron chi connectivity index (χ2n) is 5.95. The van der Waals surface area contributed by atoms with Crippen LogP contribution >= 0.6 is 11.6 Å². The Labute approximate surface area is 125 Å². The fourth-order valence-corrected chi connectivity index (χ4v) is 3.16. The molecule has 0 unspecified atom stereocenters. The number of carboxylic acids is 1. The standard InChI is InChI=1S/C16H22ClNO2/c1-11(2)10-18(13-5-3-4-6-13)15-8-7-12(17)9-14(15)16(19)20/h7-9,11,13H,3-6,10H2,1-2H3,(H,19,20). The smallest absolute Gasteiger partial charge is 0.337 e. The maximum atomic E-state index is 11.5. The van der Waals surface area contributed by atoms with Crippen molar-refractivity contribution in [1.29, 1.82) is 0 Å². The van der Waals surface area contributed by atoms with Gasteiger partial charge in [-0.05, 0) is 37.0 Å². The van der Waals surface area contributed by atoms with Gasteiger partial charge in [-0.15, -0.1) is 0 Å². The van der Waals surface area contributed by atoms with Gasteiger partial charge in [-0.1, -0.05) is 38.3 Å². The Hall–Kier alpha value is -1.22. The summed E-state index contributed by atoms with van der Waals surface area (Å²) in [4.78, 5) is 13.8. The highest BCUT2D eigenvalue weighted by atomic mass is 35.5. The molecule has 1 saturated carbocycles. The lowest BCUT2D eigenvalue weighted by Gasteiger charge is -2.33. The molecule has 0 aliphatic heterocycles. The first-order chi connectivity index (χ1) is 9.49. The minimum Gasteiger partial charge on any atom is -0.478 e. The van der Waals surface area contributed by atoms with Crippen LogP contribution in [0.4, 0.5) is 5.69 Å². The predicted octanol–water partition coefficient (Wildman–Crippen LogP) is 4.44. The molecule has 1 aromatic rings. The molecule has 3 nitrogen and oxygen atoms in total. The van der Waals surface area contributed by atoms with Crippen molar-refractivity contribution in [3.05, 3.63) is 28.8 Å². The van der Waals surface area contributed by atoms with Crippen molar-refractivity contribution in [2.75, 3.05) is 11.4 Å². The molecule has 0 radical (unpaired) electrons. The van der Waals surface area contributed by atoms with Gasteiger partial charge < -0.3 is 10.0 Å². The normalized spacial score (nSPS) is 15.8. The first kappa shape index (κ1) is 15.2. The Balaban J connectivity index is 2.39. The zero-order chi connectivity index (χ0) is 14.7. The Morgan fingerprint density at radius 2 is 2.05 bits per heavy atom. The molecule has 0 spiro atoms. The molecular weight excluding hydrogens is 274 g/mol. The van der Waals surface area contributed by atoms with Gasteiger partial charge in [0.2, 0.25) is 0 Å². The number of aromatic carboxylic acids is 1. The minimum absolute atomic E-state index is 0.310. The Kier molecular flexibility index (Phi) is 4.92. The summed E-state index contributed by atoms with van der Waals surface area (Å²) in [5.41, 5.74) is 1.12. The van der Waals surface area contributed by atoms with Crippen LogP contribution in [0.15, 0.2) is 18.2 Å². The third-order valence-electron chi connectivity index (χ3n) is 3.83. The van der Waals surface area contributed by atoms with Crippen LogP contribution in [0.1, 0.15) is 49.9 Å². The second kappa shape index (κ2) is 6.49. The fourth-order valence-electron chi connectivity index (χ4n) is 2.98. The van der Waals surface area contributed by atoms with Crippen LogP contribution in [0.3, 0.4) is 0 Å². The van der Waals surface area contributed by atoms with Gasteiger partial charge in [0.15, 0.2) is 0 Å². The third-order valence-corrected chi connectivity index (χ3v) is 4.06. The number of benzene rings is 1. The summed E-state index contributed by atoms with van der Waals surface area (Å²) < 4.78 is 0. The lowest BCUT2D eigenvalue weighted by atomic mass is 10.1. The van der Waals surface area contributed by atoms with Crippen molar-refractivity contribution >= 4 is 23.3 Å². The summed E-state index contributed by atoms with van der Waals surface area (Å²) in [6, 6.07) is 5.65. The lowest BCUT2D eigenvalue weighted by Crippen LogP contribution is -2.37. The summed E-state index contributed by atoms with van der Waals surface area (Å²) >= 11 is 5.95. The zero-order valence-electron chi connectivity index (χ0n) is 12.1. The van der Waals surface area contributed by atoms with Crippen molar-refractivity contribution in [1.82, 2.24) is 0 Å². The van der Waals surface area contributed by atoms with Gasteiger partial charge in [0.05, 0.1) is 11.3 Å². The average molecular weight is 296 g/mol. The Morgan fingerprint density at radius 3 is 2.60 bits per heavy atom. The van der Waals surface area contributed by atoms with Crippen LogP contribution in [0.2, 0.25) is 5.02 Å². The van der Waals surface area contributed by atoms with E-state index in [0.717, 1.165) is 25.1 Å². The van der Waals surface area contributed by atoms with Gasteiger partial charge in [-0.3, -0.25) is 0 Å². The van der Waals surface area contributed by atoms with Crippen molar-refractivity contribution < 1.29 is 9.90 Å². The molecule has 0 aromatic heterocycles. The van der Waals surface area contributed by atoms with E-state index < -0.39 is 5.97 Å². The molecule has 4 heteroatoms. The minimum atomic E-state index is -0.908. The highest BCUT2D eigenvalue weighted by molar-refractivity contribution is 6.31. The second-order valence-corrected chi connectivity index (χ2v) is 6.39.